The number of carbonyl (C=O) groups excluding carboxylic acids is 1. The Morgan fingerprint density at radius 3 is 2.74 bits per heavy atom. The van der Waals surface area contributed by atoms with Crippen molar-refractivity contribution in [3.8, 4) is 16.3 Å². The Kier molecular flexibility index (Phi) is 5.01. The summed E-state index contributed by atoms with van der Waals surface area (Å²) in [6, 6.07) is 7.63. The number of piperidine rings is 1. The standard InChI is InChI=1S/C19H25N5O2S/c1-23-12-9-19(10-13-23)8-5-11-24(19)18(25)20-17-22-21-16(27-17)14-6-3-4-7-15(14)26-2/h3-4,6-7H,5,8-13H2,1-2H3,(H,20,22,25). The number of hydrogen-bond donors (Lipinski definition) is 1. The van der Waals surface area contributed by atoms with Crippen LogP contribution in [-0.2, 0) is 0 Å². The van der Waals surface area contributed by atoms with Crippen molar-refractivity contribution in [1.29, 1.82) is 0 Å². The highest BCUT2D eigenvalue weighted by Crippen LogP contribution is 2.39. The molecule has 0 atom stereocenters. The lowest BCUT2D eigenvalue weighted by Crippen LogP contribution is -2.54. The van der Waals surface area contributed by atoms with E-state index in [1.807, 2.05) is 29.2 Å². The lowest BCUT2D eigenvalue weighted by atomic mass is 9.85. The summed E-state index contributed by atoms with van der Waals surface area (Å²) in [6.45, 7) is 2.90. The Morgan fingerprint density at radius 2 is 1.96 bits per heavy atom. The molecule has 1 spiro atoms. The number of benzene rings is 1. The van der Waals surface area contributed by atoms with Gasteiger partial charge in [0, 0.05) is 25.2 Å². The number of methoxy groups -OCH3 is 1. The lowest BCUT2D eigenvalue weighted by molar-refractivity contribution is 0.0887. The molecular formula is C19H25N5O2S. The molecule has 0 bridgehead atoms. The number of carbonyl (C=O) groups is 1. The normalized spacial score (nSPS) is 19.4. The third kappa shape index (κ3) is 3.51. The number of amides is 2. The van der Waals surface area contributed by atoms with Crippen LogP contribution in [0.15, 0.2) is 24.3 Å². The van der Waals surface area contributed by atoms with Gasteiger partial charge in [-0.05, 0) is 44.9 Å². The molecule has 1 aromatic heterocycles. The second kappa shape index (κ2) is 7.44. The van der Waals surface area contributed by atoms with Crippen molar-refractivity contribution in [2.45, 2.75) is 31.2 Å². The third-order valence-corrected chi connectivity index (χ3v) is 6.61. The number of hydrogen-bond acceptors (Lipinski definition) is 6. The zero-order valence-corrected chi connectivity index (χ0v) is 16.6. The van der Waals surface area contributed by atoms with E-state index in [9.17, 15) is 4.79 Å². The van der Waals surface area contributed by atoms with E-state index in [1.54, 1.807) is 7.11 Å². The summed E-state index contributed by atoms with van der Waals surface area (Å²) in [4.78, 5) is 17.3. The van der Waals surface area contributed by atoms with E-state index in [0.717, 1.165) is 61.6 Å². The molecule has 144 valence electrons. The van der Waals surface area contributed by atoms with Crippen molar-refractivity contribution >= 4 is 22.5 Å². The van der Waals surface area contributed by atoms with Crippen molar-refractivity contribution in [3.05, 3.63) is 24.3 Å². The number of para-hydroxylation sites is 1. The molecular weight excluding hydrogens is 362 g/mol. The number of aromatic nitrogens is 2. The number of anilines is 1. The van der Waals surface area contributed by atoms with E-state index in [4.69, 9.17) is 4.74 Å². The minimum Gasteiger partial charge on any atom is -0.496 e. The van der Waals surface area contributed by atoms with Crippen molar-refractivity contribution in [1.82, 2.24) is 20.0 Å². The highest BCUT2D eigenvalue weighted by Gasteiger charge is 2.45. The van der Waals surface area contributed by atoms with Crippen LogP contribution in [0.3, 0.4) is 0 Å². The van der Waals surface area contributed by atoms with Crippen LogP contribution in [0.25, 0.3) is 10.6 Å². The zero-order chi connectivity index (χ0) is 18.9. The van der Waals surface area contributed by atoms with Gasteiger partial charge < -0.3 is 14.5 Å². The molecule has 27 heavy (non-hydrogen) atoms. The van der Waals surface area contributed by atoms with Gasteiger partial charge in [-0.15, -0.1) is 10.2 Å². The molecule has 2 aliphatic rings. The minimum atomic E-state index is -0.0558. The number of likely N-dealkylation sites (tertiary alicyclic amines) is 2. The van der Waals surface area contributed by atoms with Crippen LogP contribution in [0.5, 0.6) is 5.75 Å². The van der Waals surface area contributed by atoms with Crippen LogP contribution >= 0.6 is 11.3 Å². The van der Waals surface area contributed by atoms with Crippen LogP contribution in [0, 0.1) is 0 Å². The zero-order valence-electron chi connectivity index (χ0n) is 15.8. The number of ether oxygens (including phenoxy) is 1. The van der Waals surface area contributed by atoms with Gasteiger partial charge in [0.25, 0.3) is 0 Å². The highest BCUT2D eigenvalue weighted by molar-refractivity contribution is 7.18. The van der Waals surface area contributed by atoms with E-state index in [2.05, 4.69) is 27.5 Å². The largest absolute Gasteiger partial charge is 0.496 e. The molecule has 8 heteroatoms. The Morgan fingerprint density at radius 1 is 1.19 bits per heavy atom. The van der Waals surface area contributed by atoms with E-state index >= 15 is 0 Å². The smallest absolute Gasteiger partial charge is 0.324 e. The van der Waals surface area contributed by atoms with Crippen LogP contribution in [0.1, 0.15) is 25.7 Å². The van der Waals surface area contributed by atoms with Gasteiger partial charge in [-0.1, -0.05) is 23.5 Å². The van der Waals surface area contributed by atoms with Gasteiger partial charge in [0.05, 0.1) is 12.7 Å². The van der Waals surface area contributed by atoms with Gasteiger partial charge in [0.15, 0.2) is 5.01 Å². The van der Waals surface area contributed by atoms with Gasteiger partial charge in [0.1, 0.15) is 5.75 Å². The summed E-state index contributed by atoms with van der Waals surface area (Å²) in [5.41, 5.74) is 0.887. The fourth-order valence-corrected chi connectivity index (χ4v) is 4.94. The van der Waals surface area contributed by atoms with Gasteiger partial charge in [0.2, 0.25) is 5.13 Å². The Hall–Kier alpha value is -2.19. The fraction of sp³-hybridized carbons (Fsp3) is 0.526. The minimum absolute atomic E-state index is 0.00671. The highest BCUT2D eigenvalue weighted by atomic mass is 32.1. The topological polar surface area (TPSA) is 70.6 Å². The van der Waals surface area contributed by atoms with Gasteiger partial charge in [-0.3, -0.25) is 5.32 Å². The van der Waals surface area contributed by atoms with Crippen LogP contribution in [0.4, 0.5) is 9.93 Å². The molecule has 0 aliphatic carbocycles. The first kappa shape index (κ1) is 18.2. The van der Waals surface area contributed by atoms with E-state index in [1.165, 1.54) is 11.3 Å². The fourth-order valence-electron chi connectivity index (χ4n) is 4.17. The molecule has 1 N–H and O–H groups in total. The molecule has 0 unspecified atom stereocenters. The molecule has 4 rings (SSSR count). The maximum atomic E-state index is 13.0. The average Bonchev–Trinajstić information content (AvgIpc) is 3.31. The van der Waals surface area contributed by atoms with Crippen molar-refractivity contribution in [2.75, 3.05) is 39.1 Å². The quantitative estimate of drug-likeness (QED) is 0.875. The summed E-state index contributed by atoms with van der Waals surface area (Å²) in [5, 5.41) is 12.6. The summed E-state index contributed by atoms with van der Waals surface area (Å²) in [7, 11) is 3.78. The predicted octanol–water partition coefficient (Wildman–Crippen LogP) is 3.31. The van der Waals surface area contributed by atoms with Gasteiger partial charge in [-0.25, -0.2) is 4.79 Å². The maximum Gasteiger partial charge on any atom is 0.324 e. The molecule has 2 amide bonds. The molecule has 3 heterocycles. The van der Waals surface area contributed by atoms with E-state index in [-0.39, 0.29) is 11.6 Å². The summed E-state index contributed by atoms with van der Waals surface area (Å²) >= 11 is 1.37. The third-order valence-electron chi connectivity index (χ3n) is 5.74. The molecule has 2 saturated heterocycles. The molecule has 2 aliphatic heterocycles. The second-order valence-corrected chi connectivity index (χ2v) is 8.30. The summed E-state index contributed by atoms with van der Waals surface area (Å²) in [6.07, 6.45) is 4.25. The Balaban J connectivity index is 1.48. The van der Waals surface area contributed by atoms with Gasteiger partial charge in [-0.2, -0.15) is 0 Å². The molecule has 0 saturated carbocycles. The molecule has 0 radical (unpaired) electrons. The lowest BCUT2D eigenvalue weighted by Gasteiger charge is -2.43. The monoisotopic (exact) mass is 387 g/mol. The molecule has 1 aromatic carbocycles. The molecule has 2 aromatic rings. The Labute approximate surface area is 163 Å². The van der Waals surface area contributed by atoms with Crippen LogP contribution in [-0.4, -0.2) is 65.4 Å². The average molecular weight is 388 g/mol. The first-order valence-corrected chi connectivity index (χ1v) is 10.2. The second-order valence-electron chi connectivity index (χ2n) is 7.33. The molecule has 7 nitrogen and oxygen atoms in total. The number of rotatable bonds is 3. The van der Waals surface area contributed by atoms with Crippen molar-refractivity contribution in [2.24, 2.45) is 0 Å². The van der Waals surface area contributed by atoms with E-state index in [0.29, 0.717) is 5.13 Å². The SMILES string of the molecule is COc1ccccc1-c1nnc(NC(=O)N2CCCC23CCN(C)CC3)s1. The van der Waals surface area contributed by atoms with E-state index < -0.39 is 0 Å². The molecule has 2 fully saturated rings. The van der Waals surface area contributed by atoms with Crippen LogP contribution in [0.2, 0.25) is 0 Å². The van der Waals surface area contributed by atoms with Gasteiger partial charge >= 0.3 is 6.03 Å². The Bertz CT molecular complexity index is 816. The summed E-state index contributed by atoms with van der Waals surface area (Å²) < 4.78 is 5.39. The van der Waals surface area contributed by atoms with Crippen molar-refractivity contribution < 1.29 is 9.53 Å². The van der Waals surface area contributed by atoms with Crippen LogP contribution < -0.4 is 10.1 Å². The number of nitrogens with zero attached hydrogens (tertiary/aromatic N) is 4. The number of urea groups is 1. The first-order chi connectivity index (χ1) is 13.1. The van der Waals surface area contributed by atoms with Crippen molar-refractivity contribution in [3.63, 3.8) is 0 Å². The predicted molar refractivity (Wildman–Crippen MR) is 106 cm³/mol. The first-order valence-electron chi connectivity index (χ1n) is 9.35. The number of nitrogens with one attached hydrogen (secondary N) is 1. The maximum absolute atomic E-state index is 13.0. The summed E-state index contributed by atoms with van der Waals surface area (Å²) in [5.74, 6) is 0.747.